The summed E-state index contributed by atoms with van der Waals surface area (Å²) in [4.78, 5) is 24.5. The Morgan fingerprint density at radius 3 is 0.973 bits per heavy atom. The molecule has 0 aromatic rings. The van der Waals surface area contributed by atoms with E-state index in [-0.39, 0.29) is 18.5 Å². The number of aliphatic hydroxyl groups is 2. The van der Waals surface area contributed by atoms with Crippen LogP contribution in [-0.4, -0.2) is 47.4 Å². The van der Waals surface area contributed by atoms with E-state index in [1.165, 1.54) is 295 Å². The van der Waals surface area contributed by atoms with Crippen LogP contribution in [-0.2, 0) is 14.3 Å². The fourth-order valence-electron chi connectivity index (χ4n) is 10.4. The van der Waals surface area contributed by atoms with E-state index in [1.54, 1.807) is 6.08 Å². The zero-order valence-corrected chi connectivity index (χ0v) is 50.5. The van der Waals surface area contributed by atoms with Crippen LogP contribution in [0.15, 0.2) is 36.5 Å². The van der Waals surface area contributed by atoms with Crippen molar-refractivity contribution in [2.24, 2.45) is 0 Å². The van der Waals surface area contributed by atoms with Crippen LogP contribution in [0.25, 0.3) is 0 Å². The van der Waals surface area contributed by atoms with E-state index >= 15 is 0 Å². The monoisotopic (exact) mass is 1050 g/mol. The topological polar surface area (TPSA) is 95.9 Å². The van der Waals surface area contributed by atoms with Crippen molar-refractivity contribution in [3.05, 3.63) is 36.5 Å². The third kappa shape index (κ3) is 61.2. The molecular weight excluding hydrogens is 923 g/mol. The maximum atomic E-state index is 12.5. The number of ether oxygens (including phenoxy) is 1. The van der Waals surface area contributed by atoms with Gasteiger partial charge in [0.2, 0.25) is 5.91 Å². The van der Waals surface area contributed by atoms with Gasteiger partial charge in [0.05, 0.1) is 25.4 Å². The maximum absolute atomic E-state index is 12.5. The molecule has 0 aliphatic carbocycles. The van der Waals surface area contributed by atoms with E-state index in [1.807, 2.05) is 6.08 Å². The van der Waals surface area contributed by atoms with E-state index in [0.717, 1.165) is 44.9 Å². The summed E-state index contributed by atoms with van der Waals surface area (Å²) in [5.74, 6) is -0.0598. The molecule has 0 aromatic carbocycles. The van der Waals surface area contributed by atoms with Gasteiger partial charge < -0.3 is 20.3 Å². The van der Waals surface area contributed by atoms with Crippen LogP contribution < -0.4 is 5.32 Å². The van der Waals surface area contributed by atoms with Gasteiger partial charge in [0.25, 0.3) is 0 Å². The van der Waals surface area contributed by atoms with Gasteiger partial charge in [-0.25, -0.2) is 0 Å². The summed E-state index contributed by atoms with van der Waals surface area (Å²) in [6.45, 7) is 4.90. The predicted octanol–water partition coefficient (Wildman–Crippen LogP) is 21.5. The summed E-state index contributed by atoms with van der Waals surface area (Å²) < 4.78 is 5.47. The number of hydrogen-bond acceptors (Lipinski definition) is 5. The molecule has 0 aliphatic heterocycles. The average molecular weight is 1050 g/mol. The second kappa shape index (κ2) is 64.6. The maximum Gasteiger partial charge on any atom is 0.305 e. The van der Waals surface area contributed by atoms with Crippen LogP contribution in [0.5, 0.6) is 0 Å². The third-order valence-corrected chi connectivity index (χ3v) is 15.6. The lowest BCUT2D eigenvalue weighted by atomic mass is 10.0. The Balaban J connectivity index is 3.41. The molecule has 6 heteroatoms. The van der Waals surface area contributed by atoms with Crippen molar-refractivity contribution in [3.8, 4) is 0 Å². The minimum absolute atomic E-state index is 0.00550. The van der Waals surface area contributed by atoms with Crippen molar-refractivity contribution in [1.29, 1.82) is 0 Å². The third-order valence-electron chi connectivity index (χ3n) is 15.6. The molecule has 0 fully saturated rings. The predicted molar refractivity (Wildman–Crippen MR) is 329 cm³/mol. The molecule has 0 bridgehead atoms. The van der Waals surface area contributed by atoms with E-state index in [9.17, 15) is 19.8 Å². The van der Waals surface area contributed by atoms with E-state index in [4.69, 9.17) is 4.74 Å². The fourth-order valence-corrected chi connectivity index (χ4v) is 10.4. The first-order valence-electron chi connectivity index (χ1n) is 33.8. The van der Waals surface area contributed by atoms with Crippen LogP contribution in [0.4, 0.5) is 0 Å². The molecule has 75 heavy (non-hydrogen) atoms. The standard InChI is InChI=1S/C69H131NO5/c1-3-5-7-9-11-13-15-17-18-19-32-35-38-41-45-49-53-57-61-67(72)66(65-71)70-68(73)62-58-54-50-46-42-39-36-33-30-28-26-24-22-20-21-23-25-27-29-31-34-37-40-44-48-52-56-60-64-75-69(74)63-59-55-51-47-43-16-14-12-10-8-6-4-2/h12,14,20-21,57,61,66-67,71-72H,3-11,13,15-19,22-56,58-60,62-65H2,1-2H3,(H,70,73)/b14-12-,21-20-,61-57+. The van der Waals surface area contributed by atoms with Crippen LogP contribution in [0, 0.1) is 0 Å². The minimum atomic E-state index is -0.845. The summed E-state index contributed by atoms with van der Waals surface area (Å²) in [6, 6.07) is -0.628. The molecule has 0 saturated carbocycles. The number of unbranched alkanes of at least 4 members (excludes halogenated alkanes) is 48. The van der Waals surface area contributed by atoms with Crippen molar-refractivity contribution in [3.63, 3.8) is 0 Å². The van der Waals surface area contributed by atoms with E-state index < -0.39 is 12.1 Å². The molecule has 0 saturated heterocycles. The summed E-state index contributed by atoms with van der Waals surface area (Å²) in [5, 5.41) is 23.2. The van der Waals surface area contributed by atoms with Gasteiger partial charge in [-0.15, -0.1) is 0 Å². The lowest BCUT2D eigenvalue weighted by molar-refractivity contribution is -0.143. The van der Waals surface area contributed by atoms with Crippen molar-refractivity contribution in [2.45, 2.75) is 379 Å². The first-order chi connectivity index (χ1) is 37.0. The summed E-state index contributed by atoms with van der Waals surface area (Å²) in [6.07, 6.45) is 82.1. The van der Waals surface area contributed by atoms with Crippen molar-refractivity contribution in [2.75, 3.05) is 13.2 Å². The van der Waals surface area contributed by atoms with E-state index in [2.05, 4.69) is 43.5 Å². The summed E-state index contributed by atoms with van der Waals surface area (Å²) in [7, 11) is 0. The SMILES string of the molecule is CCCCC/C=C\CCCCCCCC(=O)OCCCCCCCCCCCCCC/C=C\CCCCCCCCCCCCCCC(=O)NC(CO)C(O)/C=C/CCCCCCCCCCCCCCCCCC. The summed E-state index contributed by atoms with van der Waals surface area (Å²) in [5.41, 5.74) is 0. The Bertz CT molecular complexity index is 1210. The number of nitrogens with one attached hydrogen (secondary N) is 1. The molecule has 0 heterocycles. The molecule has 0 rings (SSSR count). The zero-order valence-electron chi connectivity index (χ0n) is 50.5. The highest BCUT2D eigenvalue weighted by atomic mass is 16.5. The number of aliphatic hydroxyl groups excluding tert-OH is 2. The molecule has 1 amide bonds. The Morgan fingerprint density at radius 1 is 0.360 bits per heavy atom. The largest absolute Gasteiger partial charge is 0.466 e. The highest BCUT2D eigenvalue weighted by Gasteiger charge is 2.18. The smallest absolute Gasteiger partial charge is 0.305 e. The number of hydrogen-bond donors (Lipinski definition) is 3. The molecule has 2 atom stereocenters. The number of rotatable bonds is 63. The molecule has 0 aromatic heterocycles. The number of amides is 1. The number of carbonyl (C=O) groups excluding carboxylic acids is 2. The average Bonchev–Trinajstić information content (AvgIpc) is 3.41. The number of carbonyl (C=O) groups is 2. The van der Waals surface area contributed by atoms with Gasteiger partial charge in [-0.3, -0.25) is 9.59 Å². The Kier molecular flexibility index (Phi) is 63.0. The fraction of sp³-hybridized carbons (Fsp3) is 0.884. The van der Waals surface area contributed by atoms with Crippen LogP contribution in [0.2, 0.25) is 0 Å². The van der Waals surface area contributed by atoms with E-state index in [0.29, 0.717) is 19.4 Å². The number of esters is 1. The molecular formula is C69H131NO5. The Hall–Kier alpha value is -1.92. The lowest BCUT2D eigenvalue weighted by Gasteiger charge is -2.20. The second-order valence-corrected chi connectivity index (χ2v) is 23.1. The minimum Gasteiger partial charge on any atom is -0.466 e. The van der Waals surface area contributed by atoms with Gasteiger partial charge in [0, 0.05) is 12.8 Å². The molecule has 0 spiro atoms. The van der Waals surface area contributed by atoms with Gasteiger partial charge in [-0.2, -0.15) is 0 Å². The van der Waals surface area contributed by atoms with Gasteiger partial charge >= 0.3 is 5.97 Å². The van der Waals surface area contributed by atoms with Gasteiger partial charge in [0.15, 0.2) is 0 Å². The van der Waals surface area contributed by atoms with Crippen molar-refractivity contribution >= 4 is 11.9 Å². The lowest BCUT2D eigenvalue weighted by Crippen LogP contribution is -2.45. The van der Waals surface area contributed by atoms with Gasteiger partial charge in [-0.1, -0.05) is 307 Å². The molecule has 0 aliphatic rings. The van der Waals surface area contributed by atoms with Gasteiger partial charge in [-0.05, 0) is 83.5 Å². The van der Waals surface area contributed by atoms with Crippen molar-refractivity contribution in [1.82, 2.24) is 5.32 Å². The zero-order chi connectivity index (χ0) is 54.3. The van der Waals surface area contributed by atoms with Crippen LogP contribution >= 0.6 is 0 Å². The van der Waals surface area contributed by atoms with Gasteiger partial charge in [0.1, 0.15) is 0 Å². The quantitative estimate of drug-likeness (QED) is 0.0320. The second-order valence-electron chi connectivity index (χ2n) is 23.1. The first-order valence-corrected chi connectivity index (χ1v) is 33.8. The molecule has 2 unspecified atom stereocenters. The highest BCUT2D eigenvalue weighted by molar-refractivity contribution is 5.76. The molecule has 6 nitrogen and oxygen atoms in total. The van der Waals surface area contributed by atoms with Crippen molar-refractivity contribution < 1.29 is 24.5 Å². The van der Waals surface area contributed by atoms with Crippen LogP contribution in [0.3, 0.4) is 0 Å². The summed E-state index contributed by atoms with van der Waals surface area (Å²) >= 11 is 0. The first kappa shape index (κ1) is 73.1. The normalized spacial score (nSPS) is 12.7. The number of allylic oxidation sites excluding steroid dienone is 5. The molecule has 3 N–H and O–H groups in total. The Morgan fingerprint density at radius 2 is 0.627 bits per heavy atom. The molecule has 0 radical (unpaired) electrons. The highest BCUT2D eigenvalue weighted by Crippen LogP contribution is 2.18. The van der Waals surface area contributed by atoms with Crippen LogP contribution in [0.1, 0.15) is 367 Å². The Labute approximate surface area is 468 Å². The molecule has 442 valence electrons.